The predicted molar refractivity (Wildman–Crippen MR) is 91.3 cm³/mol. The van der Waals surface area contributed by atoms with Crippen LogP contribution in [0.4, 0.5) is 13.2 Å². The Morgan fingerprint density at radius 2 is 2.08 bits per heavy atom. The summed E-state index contributed by atoms with van der Waals surface area (Å²) >= 11 is 0. The highest BCUT2D eigenvalue weighted by Gasteiger charge is 2.42. The minimum Gasteiger partial charge on any atom is -0.382 e. The zero-order valence-corrected chi connectivity index (χ0v) is 14.3. The summed E-state index contributed by atoms with van der Waals surface area (Å²) in [5.74, 6) is -3.51. The van der Waals surface area contributed by atoms with Crippen molar-refractivity contribution >= 4 is 13.1 Å². The maximum atomic E-state index is 14.4. The molecule has 0 bridgehead atoms. The summed E-state index contributed by atoms with van der Waals surface area (Å²) in [6.45, 7) is 4.49. The lowest BCUT2D eigenvalue weighted by atomic mass is 9.79. The van der Waals surface area contributed by atoms with Crippen LogP contribution in [0, 0.1) is 17.5 Å². The van der Waals surface area contributed by atoms with Crippen LogP contribution in [0.15, 0.2) is 40.8 Å². The van der Waals surface area contributed by atoms with Gasteiger partial charge in [0.15, 0.2) is 5.82 Å². The fourth-order valence-corrected chi connectivity index (χ4v) is 2.68. The summed E-state index contributed by atoms with van der Waals surface area (Å²) in [7, 11) is 1.51. The van der Waals surface area contributed by atoms with E-state index in [4.69, 9.17) is 0 Å². The highest BCUT2D eigenvalue weighted by atomic mass is 19.1. The zero-order valence-electron chi connectivity index (χ0n) is 14.3. The molecule has 1 aromatic carbocycles. The van der Waals surface area contributed by atoms with Gasteiger partial charge in [-0.1, -0.05) is 13.0 Å². The first kappa shape index (κ1) is 19.5. The largest absolute Gasteiger partial charge is 0.382 e. The van der Waals surface area contributed by atoms with Crippen molar-refractivity contribution in [3.05, 3.63) is 59.4 Å². The Morgan fingerprint density at radius 1 is 1.35 bits per heavy atom. The summed E-state index contributed by atoms with van der Waals surface area (Å²) in [5.41, 5.74) is -2.29. The average molecular weight is 365 g/mol. The Kier molecular flexibility index (Phi) is 6.04. The molecule has 0 aliphatic heterocycles. The van der Waals surface area contributed by atoms with Crippen LogP contribution in [0.2, 0.25) is 0 Å². The van der Waals surface area contributed by atoms with E-state index in [1.807, 2.05) is 0 Å². The van der Waals surface area contributed by atoms with Crippen LogP contribution in [0.3, 0.4) is 0 Å². The van der Waals surface area contributed by atoms with Crippen LogP contribution in [-0.4, -0.2) is 46.7 Å². The number of hydrazone groups is 1. The second-order valence-corrected chi connectivity index (χ2v) is 5.76. The number of hydrogen-bond acceptors (Lipinski definition) is 5. The van der Waals surface area contributed by atoms with Crippen molar-refractivity contribution in [3.63, 3.8) is 0 Å². The minimum atomic E-state index is -1.97. The molecule has 138 valence electrons. The van der Waals surface area contributed by atoms with Gasteiger partial charge in [-0.15, -0.1) is 0 Å². The quantitative estimate of drug-likeness (QED) is 0.465. The molecule has 0 radical (unpaired) electrons. The SMILES string of the molecule is C=N/C=N\N(C)C[C@](O)(c1ccc(F)cc1F)[C@@H](C)c1ncncc1F. The van der Waals surface area contributed by atoms with E-state index in [1.165, 1.54) is 19.0 Å². The van der Waals surface area contributed by atoms with Crippen molar-refractivity contribution in [1.29, 1.82) is 0 Å². The Balaban J connectivity index is 2.55. The van der Waals surface area contributed by atoms with E-state index in [0.29, 0.717) is 6.07 Å². The first-order valence-electron chi connectivity index (χ1n) is 7.62. The molecule has 0 saturated carbocycles. The Labute approximate surface area is 148 Å². The van der Waals surface area contributed by atoms with Crippen LogP contribution in [0.5, 0.6) is 0 Å². The van der Waals surface area contributed by atoms with Crippen molar-refractivity contribution in [2.75, 3.05) is 13.6 Å². The predicted octanol–water partition coefficient (Wildman–Crippen LogP) is 2.46. The molecule has 6 nitrogen and oxygen atoms in total. The molecule has 0 saturated heterocycles. The number of benzene rings is 1. The monoisotopic (exact) mass is 365 g/mol. The van der Waals surface area contributed by atoms with Crippen LogP contribution >= 0.6 is 0 Å². The second-order valence-electron chi connectivity index (χ2n) is 5.76. The maximum absolute atomic E-state index is 14.4. The molecule has 0 fully saturated rings. The van der Waals surface area contributed by atoms with Crippen molar-refractivity contribution in [2.45, 2.75) is 18.4 Å². The lowest BCUT2D eigenvalue weighted by Crippen LogP contribution is -2.43. The Bertz CT molecular complexity index is 817. The van der Waals surface area contributed by atoms with Crippen molar-refractivity contribution in [2.24, 2.45) is 10.1 Å². The molecule has 26 heavy (non-hydrogen) atoms. The lowest BCUT2D eigenvalue weighted by molar-refractivity contribution is -0.0197. The van der Waals surface area contributed by atoms with Gasteiger partial charge >= 0.3 is 0 Å². The smallest absolute Gasteiger partial charge is 0.163 e. The number of hydrogen-bond donors (Lipinski definition) is 1. The molecule has 2 rings (SSSR count). The maximum Gasteiger partial charge on any atom is 0.163 e. The van der Waals surface area contributed by atoms with Crippen molar-refractivity contribution in [3.8, 4) is 0 Å². The minimum absolute atomic E-state index is 0.106. The van der Waals surface area contributed by atoms with Gasteiger partial charge in [-0.25, -0.2) is 23.1 Å². The van der Waals surface area contributed by atoms with Gasteiger partial charge in [-0.3, -0.25) is 10.0 Å². The highest BCUT2D eigenvalue weighted by molar-refractivity contribution is 5.61. The number of likely N-dealkylation sites (N-methyl/N-ethyl adjacent to an activating group) is 1. The second kappa shape index (κ2) is 8.05. The van der Waals surface area contributed by atoms with Gasteiger partial charge in [0.05, 0.1) is 18.4 Å². The lowest BCUT2D eigenvalue weighted by Gasteiger charge is -2.36. The molecule has 0 unspecified atom stereocenters. The van der Waals surface area contributed by atoms with Gasteiger partial charge < -0.3 is 5.11 Å². The topological polar surface area (TPSA) is 74.0 Å². The van der Waals surface area contributed by atoms with Gasteiger partial charge in [0.25, 0.3) is 0 Å². The van der Waals surface area contributed by atoms with Gasteiger partial charge in [0, 0.05) is 24.6 Å². The summed E-state index contributed by atoms with van der Waals surface area (Å²) in [6.07, 6.45) is 3.21. The first-order valence-corrected chi connectivity index (χ1v) is 7.62. The fourth-order valence-electron chi connectivity index (χ4n) is 2.68. The third-order valence-electron chi connectivity index (χ3n) is 4.02. The molecule has 2 aromatic rings. The number of aromatic nitrogens is 2. The summed E-state index contributed by atoms with van der Waals surface area (Å²) < 4.78 is 41.8. The summed E-state index contributed by atoms with van der Waals surface area (Å²) in [6, 6.07) is 2.78. The molecule has 0 amide bonds. The number of rotatable bonds is 7. The van der Waals surface area contributed by atoms with Crippen LogP contribution in [-0.2, 0) is 5.60 Å². The summed E-state index contributed by atoms with van der Waals surface area (Å²) in [4.78, 5) is 10.9. The van der Waals surface area contributed by atoms with E-state index in [-0.39, 0.29) is 17.8 Å². The molecular weight excluding hydrogens is 347 g/mol. The van der Waals surface area contributed by atoms with E-state index < -0.39 is 29.0 Å². The average Bonchev–Trinajstić information content (AvgIpc) is 2.59. The number of nitrogens with zero attached hydrogens (tertiary/aromatic N) is 5. The van der Waals surface area contributed by atoms with Crippen molar-refractivity contribution in [1.82, 2.24) is 15.0 Å². The van der Waals surface area contributed by atoms with Crippen molar-refractivity contribution < 1.29 is 18.3 Å². The van der Waals surface area contributed by atoms with Gasteiger partial charge in [0.1, 0.15) is 29.9 Å². The fraction of sp³-hybridized carbons (Fsp3) is 0.294. The molecule has 2 atom stereocenters. The molecule has 1 N–H and O–H groups in total. The molecule has 1 heterocycles. The van der Waals surface area contributed by atoms with E-state index in [0.717, 1.165) is 31.0 Å². The van der Waals surface area contributed by atoms with Crippen LogP contribution in [0.25, 0.3) is 0 Å². The molecule has 9 heteroatoms. The Hall–Kier alpha value is -2.81. The number of aliphatic hydroxyl groups is 1. The van der Waals surface area contributed by atoms with Crippen LogP contribution in [0.1, 0.15) is 24.1 Å². The molecular formula is C17H18F3N5O. The van der Waals surface area contributed by atoms with E-state index in [9.17, 15) is 18.3 Å². The zero-order chi connectivity index (χ0) is 19.3. The van der Waals surface area contributed by atoms with Gasteiger partial charge in [0.2, 0.25) is 0 Å². The third kappa shape index (κ3) is 4.05. The Morgan fingerprint density at radius 3 is 2.69 bits per heavy atom. The normalized spacial score (nSPS) is 14.8. The first-order chi connectivity index (χ1) is 12.3. The van der Waals surface area contributed by atoms with Crippen LogP contribution < -0.4 is 0 Å². The van der Waals surface area contributed by atoms with Gasteiger partial charge in [-0.2, -0.15) is 5.10 Å². The standard InChI is InChI=1S/C17H18F3N5O/c1-11(16-15(20)7-22-10-23-16)17(26,8-25(3)24-9-21-2)13-5-4-12(18)6-14(13)19/h4-7,9-11,26H,2,8H2,1,3H3/b24-9-/t11-,17+/m0/s1. The number of aliphatic imine (C=N–C) groups is 1. The number of halogens is 3. The molecule has 0 spiro atoms. The molecule has 1 aromatic heterocycles. The van der Waals surface area contributed by atoms with E-state index in [2.05, 4.69) is 26.8 Å². The summed E-state index contributed by atoms with van der Waals surface area (Å²) in [5, 5.41) is 16.5. The third-order valence-corrected chi connectivity index (χ3v) is 4.02. The molecule has 0 aliphatic rings. The highest BCUT2D eigenvalue weighted by Crippen LogP contribution is 2.38. The van der Waals surface area contributed by atoms with E-state index in [1.54, 1.807) is 0 Å². The van der Waals surface area contributed by atoms with E-state index >= 15 is 0 Å². The van der Waals surface area contributed by atoms with Gasteiger partial charge in [-0.05, 0) is 12.8 Å². The molecule has 0 aliphatic carbocycles.